The highest BCUT2D eigenvalue weighted by Gasteiger charge is 2.39. The molecule has 5 heteroatoms. The molecule has 3 heterocycles. The van der Waals surface area contributed by atoms with Crippen LogP contribution in [-0.2, 0) is 4.79 Å². The average molecular weight is 290 g/mol. The largest absolute Gasteiger partial charge is 0.342 e. The second-order valence-corrected chi connectivity index (χ2v) is 6.94. The molecule has 0 bridgehead atoms. The molecule has 2 saturated heterocycles. The van der Waals surface area contributed by atoms with Crippen molar-refractivity contribution in [3.8, 4) is 0 Å². The molecule has 2 fully saturated rings. The molecule has 1 N–H and O–H groups in total. The molecule has 1 amide bonds. The van der Waals surface area contributed by atoms with Crippen molar-refractivity contribution in [2.75, 3.05) is 33.2 Å². The van der Waals surface area contributed by atoms with E-state index >= 15 is 0 Å². The molecule has 1 aromatic heterocycles. The average Bonchev–Trinajstić information content (AvgIpc) is 3.04. The van der Waals surface area contributed by atoms with E-state index in [4.69, 9.17) is 0 Å². The number of carbonyl (C=O) groups is 1. The van der Waals surface area contributed by atoms with Gasteiger partial charge in [-0.05, 0) is 51.9 Å². The number of aromatic amines is 1. The Morgan fingerprint density at radius 2 is 1.95 bits per heavy atom. The minimum absolute atomic E-state index is 0.146. The van der Waals surface area contributed by atoms with Gasteiger partial charge in [-0.3, -0.25) is 9.89 Å². The number of carbonyl (C=O) groups excluding carboxylic acids is 1. The molecule has 1 aromatic rings. The highest BCUT2D eigenvalue weighted by molar-refractivity contribution is 5.82. The van der Waals surface area contributed by atoms with E-state index in [1.54, 1.807) is 0 Å². The van der Waals surface area contributed by atoms with Gasteiger partial charge in [-0.25, -0.2) is 0 Å². The third-order valence-electron chi connectivity index (χ3n) is 5.35. The summed E-state index contributed by atoms with van der Waals surface area (Å²) in [6.45, 7) is 5.99. The summed E-state index contributed by atoms with van der Waals surface area (Å²) in [7, 11) is 2.14. The molecule has 0 aromatic carbocycles. The van der Waals surface area contributed by atoms with Crippen molar-refractivity contribution in [1.29, 1.82) is 0 Å². The zero-order valence-corrected chi connectivity index (χ0v) is 13.1. The summed E-state index contributed by atoms with van der Waals surface area (Å²) in [5.41, 5.74) is 1.07. The molecular weight excluding hydrogens is 264 g/mol. The van der Waals surface area contributed by atoms with Gasteiger partial charge in [0.2, 0.25) is 5.91 Å². The van der Waals surface area contributed by atoms with Crippen molar-refractivity contribution in [2.45, 2.75) is 38.5 Å². The van der Waals surface area contributed by atoms with E-state index < -0.39 is 0 Å². The standard InChI is InChI=1S/C16H26N4O/c1-16(6-11-19(2)12-7-16)15(21)20-9-4-13(5-10-20)14-3-8-17-18-14/h3,8,13H,4-7,9-12H2,1-2H3,(H,17,18). The van der Waals surface area contributed by atoms with E-state index in [0.717, 1.165) is 51.9 Å². The van der Waals surface area contributed by atoms with Crippen LogP contribution >= 0.6 is 0 Å². The molecule has 0 atom stereocenters. The van der Waals surface area contributed by atoms with Gasteiger partial charge in [0.1, 0.15) is 0 Å². The number of amides is 1. The van der Waals surface area contributed by atoms with Crippen LogP contribution in [0.3, 0.4) is 0 Å². The van der Waals surface area contributed by atoms with Gasteiger partial charge in [-0.1, -0.05) is 6.92 Å². The number of H-pyrrole nitrogens is 1. The van der Waals surface area contributed by atoms with Crippen molar-refractivity contribution < 1.29 is 4.79 Å². The monoisotopic (exact) mass is 290 g/mol. The second kappa shape index (κ2) is 5.79. The predicted octanol–water partition coefficient (Wildman–Crippen LogP) is 1.85. The van der Waals surface area contributed by atoms with Crippen LogP contribution in [0.25, 0.3) is 0 Å². The summed E-state index contributed by atoms with van der Waals surface area (Å²) in [5.74, 6) is 0.903. The van der Waals surface area contributed by atoms with Gasteiger partial charge >= 0.3 is 0 Å². The van der Waals surface area contributed by atoms with Crippen LogP contribution in [0.5, 0.6) is 0 Å². The molecule has 2 aliphatic rings. The molecule has 0 spiro atoms. The zero-order chi connectivity index (χ0) is 14.9. The molecule has 2 aliphatic heterocycles. The highest BCUT2D eigenvalue weighted by atomic mass is 16.2. The van der Waals surface area contributed by atoms with Crippen LogP contribution in [0.15, 0.2) is 12.3 Å². The summed E-state index contributed by atoms with van der Waals surface area (Å²) in [6, 6.07) is 2.06. The number of nitrogens with one attached hydrogen (secondary N) is 1. The van der Waals surface area contributed by atoms with Crippen LogP contribution in [-0.4, -0.2) is 59.1 Å². The molecule has 3 rings (SSSR count). The molecule has 5 nitrogen and oxygen atoms in total. The van der Waals surface area contributed by atoms with Crippen molar-refractivity contribution >= 4 is 5.91 Å². The number of rotatable bonds is 2. The SMILES string of the molecule is CN1CCC(C)(C(=O)N2CCC(c3ccn[nH]3)CC2)CC1. The Hall–Kier alpha value is -1.36. The van der Waals surface area contributed by atoms with Gasteiger partial charge < -0.3 is 9.80 Å². The summed E-state index contributed by atoms with van der Waals surface area (Å²) in [5, 5.41) is 7.10. The quantitative estimate of drug-likeness (QED) is 0.904. The van der Waals surface area contributed by atoms with E-state index in [9.17, 15) is 4.79 Å². The van der Waals surface area contributed by atoms with E-state index in [1.165, 1.54) is 5.69 Å². The van der Waals surface area contributed by atoms with Crippen LogP contribution in [0.4, 0.5) is 0 Å². The normalized spacial score (nSPS) is 24.2. The number of hydrogen-bond acceptors (Lipinski definition) is 3. The molecule has 0 unspecified atom stereocenters. The minimum atomic E-state index is -0.146. The lowest BCUT2D eigenvalue weighted by Gasteiger charge is -2.42. The maximum atomic E-state index is 12.9. The number of piperidine rings is 2. The minimum Gasteiger partial charge on any atom is -0.342 e. The lowest BCUT2D eigenvalue weighted by molar-refractivity contribution is -0.145. The number of aromatic nitrogens is 2. The fourth-order valence-electron chi connectivity index (χ4n) is 3.60. The van der Waals surface area contributed by atoms with Crippen LogP contribution in [0.2, 0.25) is 0 Å². The summed E-state index contributed by atoms with van der Waals surface area (Å²) >= 11 is 0. The number of likely N-dealkylation sites (tertiary alicyclic amines) is 2. The first kappa shape index (κ1) is 14.6. The van der Waals surface area contributed by atoms with Crippen molar-refractivity contribution in [3.05, 3.63) is 18.0 Å². The van der Waals surface area contributed by atoms with Crippen LogP contribution in [0.1, 0.15) is 44.2 Å². The second-order valence-electron chi connectivity index (χ2n) is 6.94. The third kappa shape index (κ3) is 2.98. The molecule has 0 aliphatic carbocycles. The smallest absolute Gasteiger partial charge is 0.228 e. The fourth-order valence-corrected chi connectivity index (χ4v) is 3.60. The number of hydrogen-bond donors (Lipinski definition) is 1. The van der Waals surface area contributed by atoms with Crippen molar-refractivity contribution in [2.24, 2.45) is 5.41 Å². The molecular formula is C16H26N4O. The molecule has 21 heavy (non-hydrogen) atoms. The van der Waals surface area contributed by atoms with E-state index in [2.05, 4.69) is 40.0 Å². The Bertz CT molecular complexity index is 468. The maximum Gasteiger partial charge on any atom is 0.228 e. The van der Waals surface area contributed by atoms with Gasteiger partial charge in [0.05, 0.1) is 0 Å². The Balaban J connectivity index is 1.57. The Labute approximate surface area is 126 Å². The van der Waals surface area contributed by atoms with Gasteiger partial charge in [-0.2, -0.15) is 5.10 Å². The molecule has 116 valence electrons. The van der Waals surface area contributed by atoms with Gasteiger partial charge in [0.25, 0.3) is 0 Å². The Morgan fingerprint density at radius 3 is 2.52 bits per heavy atom. The lowest BCUT2D eigenvalue weighted by atomic mass is 9.78. The summed E-state index contributed by atoms with van der Waals surface area (Å²) < 4.78 is 0. The summed E-state index contributed by atoms with van der Waals surface area (Å²) in [4.78, 5) is 17.3. The van der Waals surface area contributed by atoms with Crippen LogP contribution in [0, 0.1) is 5.41 Å². The van der Waals surface area contributed by atoms with Gasteiger partial charge in [0.15, 0.2) is 0 Å². The first-order chi connectivity index (χ1) is 10.1. The number of nitrogens with zero attached hydrogens (tertiary/aromatic N) is 3. The first-order valence-electron chi connectivity index (χ1n) is 8.06. The third-order valence-corrected chi connectivity index (χ3v) is 5.35. The van der Waals surface area contributed by atoms with Gasteiger partial charge in [0, 0.05) is 36.3 Å². The predicted molar refractivity (Wildman–Crippen MR) is 82.0 cm³/mol. The van der Waals surface area contributed by atoms with E-state index in [0.29, 0.717) is 11.8 Å². The zero-order valence-electron chi connectivity index (χ0n) is 13.1. The lowest BCUT2D eigenvalue weighted by Crippen LogP contribution is -2.50. The topological polar surface area (TPSA) is 52.2 Å². The summed E-state index contributed by atoms with van der Waals surface area (Å²) in [6.07, 6.45) is 5.88. The maximum absolute atomic E-state index is 12.9. The van der Waals surface area contributed by atoms with Crippen molar-refractivity contribution in [1.82, 2.24) is 20.0 Å². The Kier molecular flexibility index (Phi) is 4.02. The Morgan fingerprint density at radius 1 is 1.29 bits per heavy atom. The van der Waals surface area contributed by atoms with Crippen LogP contribution < -0.4 is 0 Å². The van der Waals surface area contributed by atoms with Gasteiger partial charge in [-0.15, -0.1) is 0 Å². The van der Waals surface area contributed by atoms with Crippen molar-refractivity contribution in [3.63, 3.8) is 0 Å². The molecule has 0 radical (unpaired) electrons. The fraction of sp³-hybridized carbons (Fsp3) is 0.750. The molecule has 0 saturated carbocycles. The van der Waals surface area contributed by atoms with E-state index in [1.807, 2.05) is 6.20 Å². The van der Waals surface area contributed by atoms with E-state index in [-0.39, 0.29) is 5.41 Å². The first-order valence-corrected chi connectivity index (χ1v) is 8.06. The highest BCUT2D eigenvalue weighted by Crippen LogP contribution is 2.35.